The lowest BCUT2D eigenvalue weighted by Gasteiger charge is -2.27. The van der Waals surface area contributed by atoms with Gasteiger partial charge in [-0.3, -0.25) is 4.90 Å². The molecule has 0 aliphatic rings. The first-order chi connectivity index (χ1) is 8.08. The minimum absolute atomic E-state index is 0.586. The first-order valence-electron chi connectivity index (χ1n) is 5.81. The van der Waals surface area contributed by atoms with Crippen LogP contribution in [0.15, 0.2) is 18.2 Å². The first-order valence-corrected chi connectivity index (χ1v) is 7.58. The third kappa shape index (κ3) is 4.41. The molecule has 1 atom stereocenters. The Balaban J connectivity index is 2.72. The molecule has 1 unspecified atom stereocenters. The number of hydrogen-bond acceptors (Lipinski definition) is 3. The van der Waals surface area contributed by atoms with Crippen LogP contribution in [0.1, 0.15) is 18.9 Å². The van der Waals surface area contributed by atoms with Gasteiger partial charge in [0.25, 0.3) is 0 Å². The molecule has 2 nitrogen and oxygen atoms in total. The van der Waals surface area contributed by atoms with Gasteiger partial charge in [-0.2, -0.15) is 11.8 Å². The Morgan fingerprint density at radius 1 is 1.47 bits per heavy atom. The summed E-state index contributed by atoms with van der Waals surface area (Å²) in [6, 6.07) is 6.26. The van der Waals surface area contributed by atoms with E-state index in [1.54, 1.807) is 0 Å². The van der Waals surface area contributed by atoms with Gasteiger partial charge in [0.1, 0.15) is 0 Å². The minimum atomic E-state index is 0.586. The molecule has 1 rings (SSSR count). The Hall–Kier alpha value is -0.380. The third-order valence-electron chi connectivity index (χ3n) is 2.94. The second kappa shape index (κ2) is 7.14. The fraction of sp³-hybridized carbons (Fsp3) is 0.538. The van der Waals surface area contributed by atoms with Gasteiger partial charge in [0, 0.05) is 29.0 Å². The molecule has 0 radical (unpaired) electrons. The number of nitrogen functional groups attached to an aromatic ring is 1. The number of halogens is 1. The Morgan fingerprint density at radius 3 is 2.76 bits per heavy atom. The molecule has 0 fully saturated rings. The average molecular weight is 273 g/mol. The van der Waals surface area contributed by atoms with Gasteiger partial charge in [-0.15, -0.1) is 0 Å². The number of thioether (sulfide) groups is 1. The minimum Gasteiger partial charge on any atom is -0.399 e. The van der Waals surface area contributed by atoms with Crippen molar-refractivity contribution >= 4 is 29.1 Å². The van der Waals surface area contributed by atoms with E-state index in [2.05, 4.69) is 25.1 Å². The smallest absolute Gasteiger partial charge is 0.0452 e. The highest BCUT2D eigenvalue weighted by Crippen LogP contribution is 2.21. The van der Waals surface area contributed by atoms with Crippen LogP contribution in [-0.4, -0.2) is 30.0 Å². The van der Waals surface area contributed by atoms with Gasteiger partial charge < -0.3 is 5.73 Å². The van der Waals surface area contributed by atoms with E-state index >= 15 is 0 Å². The van der Waals surface area contributed by atoms with Crippen molar-refractivity contribution in [3.8, 4) is 0 Å². The number of nitrogens with zero attached hydrogens (tertiary/aromatic N) is 1. The average Bonchev–Trinajstić information content (AvgIpc) is 2.30. The summed E-state index contributed by atoms with van der Waals surface area (Å²) in [7, 11) is 2.14. The lowest BCUT2D eigenvalue weighted by molar-refractivity contribution is 0.248. The highest BCUT2D eigenvalue weighted by atomic mass is 35.5. The van der Waals surface area contributed by atoms with Crippen LogP contribution in [0.3, 0.4) is 0 Å². The van der Waals surface area contributed by atoms with Crippen molar-refractivity contribution in [1.29, 1.82) is 0 Å². The number of benzene rings is 1. The first kappa shape index (κ1) is 14.7. The molecule has 0 amide bonds. The van der Waals surface area contributed by atoms with E-state index in [1.807, 2.05) is 30.0 Å². The number of anilines is 1. The zero-order valence-corrected chi connectivity index (χ0v) is 12.3. The van der Waals surface area contributed by atoms with Crippen molar-refractivity contribution in [3.05, 3.63) is 28.8 Å². The molecule has 0 heterocycles. The number of hydrogen-bond donors (Lipinski definition) is 1. The van der Waals surface area contributed by atoms with E-state index < -0.39 is 0 Å². The molecule has 96 valence electrons. The molecule has 0 aliphatic heterocycles. The van der Waals surface area contributed by atoms with Crippen LogP contribution in [0.25, 0.3) is 0 Å². The fourth-order valence-corrected chi connectivity index (χ4v) is 2.92. The van der Waals surface area contributed by atoms with E-state index in [9.17, 15) is 0 Å². The van der Waals surface area contributed by atoms with Crippen LogP contribution in [-0.2, 0) is 6.54 Å². The molecule has 0 spiro atoms. The summed E-state index contributed by atoms with van der Waals surface area (Å²) in [6.45, 7) is 3.07. The van der Waals surface area contributed by atoms with Crippen molar-refractivity contribution in [1.82, 2.24) is 4.90 Å². The molecule has 0 saturated heterocycles. The summed E-state index contributed by atoms with van der Waals surface area (Å²) in [5.41, 5.74) is 7.67. The SMILES string of the molecule is CCC(CSC)N(C)Cc1cc(N)ccc1Cl. The Kier molecular flexibility index (Phi) is 6.17. The summed E-state index contributed by atoms with van der Waals surface area (Å²) >= 11 is 8.06. The van der Waals surface area contributed by atoms with Crippen molar-refractivity contribution < 1.29 is 0 Å². The molecule has 0 saturated carbocycles. The van der Waals surface area contributed by atoms with Gasteiger partial charge in [-0.1, -0.05) is 18.5 Å². The second-order valence-electron chi connectivity index (χ2n) is 4.28. The zero-order chi connectivity index (χ0) is 12.8. The van der Waals surface area contributed by atoms with E-state index in [-0.39, 0.29) is 0 Å². The van der Waals surface area contributed by atoms with E-state index in [0.29, 0.717) is 6.04 Å². The van der Waals surface area contributed by atoms with Gasteiger partial charge >= 0.3 is 0 Å². The van der Waals surface area contributed by atoms with Gasteiger partial charge in [0.05, 0.1) is 0 Å². The fourth-order valence-electron chi connectivity index (χ4n) is 1.86. The predicted molar refractivity (Wildman–Crippen MR) is 79.8 cm³/mol. The Bertz CT molecular complexity index is 357. The summed E-state index contributed by atoms with van der Waals surface area (Å²) in [4.78, 5) is 2.34. The highest BCUT2D eigenvalue weighted by Gasteiger charge is 2.13. The Labute approximate surface area is 114 Å². The lowest BCUT2D eigenvalue weighted by Crippen LogP contribution is -2.32. The molecule has 1 aromatic rings. The normalized spacial score (nSPS) is 13.0. The summed E-state index contributed by atoms with van der Waals surface area (Å²) in [5.74, 6) is 1.15. The molecule has 1 aromatic carbocycles. The molecular weight excluding hydrogens is 252 g/mol. The maximum atomic E-state index is 6.18. The van der Waals surface area contributed by atoms with Gasteiger partial charge in [0.15, 0.2) is 0 Å². The van der Waals surface area contributed by atoms with Crippen LogP contribution in [0, 0.1) is 0 Å². The van der Waals surface area contributed by atoms with Gasteiger partial charge in [-0.25, -0.2) is 0 Å². The zero-order valence-electron chi connectivity index (χ0n) is 10.7. The molecule has 0 bridgehead atoms. The molecule has 0 aliphatic carbocycles. The largest absolute Gasteiger partial charge is 0.399 e. The summed E-state index contributed by atoms with van der Waals surface area (Å²) in [6.07, 6.45) is 3.29. The van der Waals surface area contributed by atoms with Crippen LogP contribution in [0.4, 0.5) is 5.69 Å². The molecule has 17 heavy (non-hydrogen) atoms. The van der Waals surface area contributed by atoms with Crippen LogP contribution < -0.4 is 5.73 Å². The van der Waals surface area contributed by atoms with E-state index in [4.69, 9.17) is 17.3 Å². The van der Waals surface area contributed by atoms with Crippen LogP contribution >= 0.6 is 23.4 Å². The van der Waals surface area contributed by atoms with Gasteiger partial charge in [0.2, 0.25) is 0 Å². The van der Waals surface area contributed by atoms with Crippen molar-refractivity contribution in [2.75, 3.05) is 24.8 Å². The maximum Gasteiger partial charge on any atom is 0.0452 e. The van der Waals surface area contributed by atoms with Crippen molar-refractivity contribution in [2.45, 2.75) is 25.9 Å². The monoisotopic (exact) mass is 272 g/mol. The summed E-state index contributed by atoms with van der Waals surface area (Å²) < 4.78 is 0. The molecule has 2 N–H and O–H groups in total. The van der Waals surface area contributed by atoms with Crippen molar-refractivity contribution in [2.24, 2.45) is 0 Å². The molecular formula is C13H21ClN2S. The number of rotatable bonds is 6. The van der Waals surface area contributed by atoms with Gasteiger partial charge in [-0.05, 0) is 43.5 Å². The third-order valence-corrected chi connectivity index (χ3v) is 4.03. The summed E-state index contributed by atoms with van der Waals surface area (Å²) in [5, 5.41) is 0.796. The quantitative estimate of drug-likeness (QED) is 0.804. The van der Waals surface area contributed by atoms with Crippen LogP contribution in [0.5, 0.6) is 0 Å². The highest BCUT2D eigenvalue weighted by molar-refractivity contribution is 7.98. The maximum absolute atomic E-state index is 6.18. The predicted octanol–water partition coefficient (Wildman–Crippen LogP) is 3.50. The van der Waals surface area contributed by atoms with E-state index in [0.717, 1.165) is 35.0 Å². The number of nitrogens with two attached hydrogens (primary N) is 1. The van der Waals surface area contributed by atoms with E-state index in [1.165, 1.54) is 0 Å². The molecule has 0 aromatic heterocycles. The topological polar surface area (TPSA) is 29.3 Å². The van der Waals surface area contributed by atoms with Crippen LogP contribution in [0.2, 0.25) is 5.02 Å². The molecule has 4 heteroatoms. The lowest BCUT2D eigenvalue weighted by atomic mass is 10.1. The second-order valence-corrected chi connectivity index (χ2v) is 5.60. The Morgan fingerprint density at radius 2 is 2.18 bits per heavy atom. The van der Waals surface area contributed by atoms with Crippen molar-refractivity contribution in [3.63, 3.8) is 0 Å². The standard InChI is InChI=1S/C13H21ClN2S/c1-4-12(9-17-3)16(2)8-10-7-11(15)5-6-13(10)14/h5-7,12H,4,8-9,15H2,1-3H3.